The van der Waals surface area contributed by atoms with E-state index in [1.165, 1.54) is 24.3 Å². The summed E-state index contributed by atoms with van der Waals surface area (Å²) in [7, 11) is -3.99. The van der Waals surface area contributed by atoms with Crippen LogP contribution in [-0.4, -0.2) is 19.9 Å². The molecule has 2 rings (SSSR count). The zero-order valence-electron chi connectivity index (χ0n) is 9.49. The first kappa shape index (κ1) is 13.5. The lowest BCUT2D eigenvalue weighted by molar-refractivity contribution is -0.110. The fraction of sp³-hybridized carbons (Fsp3) is 0. The fourth-order valence-electron chi connectivity index (χ4n) is 1.28. The molecule has 0 unspecified atom stereocenters. The van der Waals surface area contributed by atoms with Crippen molar-refractivity contribution in [3.05, 3.63) is 53.6 Å². The maximum atomic E-state index is 11.8. The highest BCUT2D eigenvalue weighted by Crippen LogP contribution is 2.15. The molecule has 0 radical (unpaired) electrons. The summed E-state index contributed by atoms with van der Waals surface area (Å²) < 4.78 is 28.1. The predicted octanol–water partition coefficient (Wildman–Crippen LogP) is 2.01. The number of hydrogen-bond donors (Lipinski definition) is 0. The van der Waals surface area contributed by atoms with Crippen molar-refractivity contribution in [3.63, 3.8) is 0 Å². The Bertz CT molecular complexity index is 690. The molecule has 0 atom stereocenters. The van der Waals surface area contributed by atoms with Crippen LogP contribution in [-0.2, 0) is 19.2 Å². The number of halogens is 1. The first-order valence-electron chi connectivity index (χ1n) is 5.15. The topological polar surface area (TPSA) is 72.8 Å². The van der Waals surface area contributed by atoms with Gasteiger partial charge in [0.25, 0.3) is 0 Å². The summed E-state index contributed by atoms with van der Waals surface area (Å²) >= 11 is 5.74. The lowest BCUT2D eigenvalue weighted by Gasteiger charge is -2.04. The molecule has 0 heterocycles. The summed E-state index contributed by atoms with van der Waals surface area (Å²) in [5.74, 6) is -0.296. The van der Waals surface area contributed by atoms with E-state index >= 15 is 0 Å². The number of carbonyl (C=O) groups excluding carboxylic acids is 1. The van der Waals surface area contributed by atoms with Crippen LogP contribution in [0.4, 0.5) is 0 Å². The van der Waals surface area contributed by atoms with Gasteiger partial charge in [0.15, 0.2) is 5.78 Å². The van der Waals surface area contributed by atoms with Crippen molar-refractivity contribution in [2.75, 3.05) is 0 Å². The molecule has 7 heteroatoms. The Morgan fingerprint density at radius 3 is 2.42 bits per heavy atom. The van der Waals surface area contributed by atoms with Gasteiger partial charge in [-0.15, -0.1) is 0 Å². The van der Waals surface area contributed by atoms with Gasteiger partial charge in [-0.3, -0.25) is 9.08 Å². The molecule has 98 valence electrons. The van der Waals surface area contributed by atoms with Crippen LogP contribution in [0, 0.1) is 0 Å². The second kappa shape index (κ2) is 5.38. The van der Waals surface area contributed by atoms with Crippen molar-refractivity contribution in [3.8, 4) is 0 Å². The summed E-state index contributed by atoms with van der Waals surface area (Å²) in [6.45, 7) is 0. The van der Waals surface area contributed by atoms with E-state index in [1.54, 1.807) is 18.2 Å². The van der Waals surface area contributed by atoms with Crippen molar-refractivity contribution < 1.29 is 17.5 Å². The Labute approximate surface area is 114 Å². The average Bonchev–Trinajstić information content (AvgIpc) is 2.39. The van der Waals surface area contributed by atoms with E-state index in [0.29, 0.717) is 0 Å². The number of hydrogen-bond acceptors (Lipinski definition) is 5. The van der Waals surface area contributed by atoms with Crippen LogP contribution in [0.1, 0.15) is 0 Å². The fourth-order valence-corrected chi connectivity index (χ4v) is 2.24. The van der Waals surface area contributed by atoms with Gasteiger partial charge in [-0.2, -0.15) is 8.42 Å². The molecule has 0 aliphatic heterocycles. The van der Waals surface area contributed by atoms with E-state index in [1.807, 2.05) is 0 Å². The van der Waals surface area contributed by atoms with E-state index in [9.17, 15) is 13.2 Å². The van der Waals surface area contributed by atoms with Crippen LogP contribution in [0.25, 0.3) is 0 Å². The van der Waals surface area contributed by atoms with E-state index in [-0.39, 0.29) is 21.4 Å². The SMILES string of the molecule is O=C1C=CC(=NOS(=O)(=O)c2ccccc2)C(Cl)=C1. The molecule has 0 amide bonds. The second-order valence-corrected chi connectivity index (χ2v) is 5.48. The highest BCUT2D eigenvalue weighted by atomic mass is 35.5. The maximum Gasteiger partial charge on any atom is 0.358 e. The number of nitrogens with zero attached hydrogens (tertiary/aromatic N) is 1. The van der Waals surface area contributed by atoms with Gasteiger partial charge in [0, 0.05) is 6.08 Å². The number of oxime groups is 1. The van der Waals surface area contributed by atoms with Crippen molar-refractivity contribution in [1.29, 1.82) is 0 Å². The van der Waals surface area contributed by atoms with Gasteiger partial charge in [-0.05, 0) is 24.3 Å². The molecular formula is C12H8ClNO4S. The first-order chi connectivity index (χ1) is 8.99. The molecule has 0 saturated heterocycles. The third kappa shape index (κ3) is 3.30. The van der Waals surface area contributed by atoms with Crippen molar-refractivity contribution in [2.45, 2.75) is 4.90 Å². The third-order valence-electron chi connectivity index (χ3n) is 2.18. The highest BCUT2D eigenvalue weighted by Gasteiger charge is 2.16. The van der Waals surface area contributed by atoms with Crippen molar-refractivity contribution >= 4 is 33.2 Å². The molecule has 0 N–H and O–H groups in total. The summed E-state index contributed by atoms with van der Waals surface area (Å²) in [5.41, 5.74) is 0.0702. The monoisotopic (exact) mass is 297 g/mol. The van der Waals surface area contributed by atoms with E-state index in [4.69, 9.17) is 11.6 Å². The Morgan fingerprint density at radius 1 is 1.11 bits per heavy atom. The van der Waals surface area contributed by atoms with Gasteiger partial charge in [-0.25, -0.2) is 0 Å². The molecule has 0 bridgehead atoms. The summed E-state index contributed by atoms with van der Waals surface area (Å²) in [4.78, 5) is 11.0. The Kier molecular flexibility index (Phi) is 3.82. The molecule has 1 aliphatic rings. The van der Waals surface area contributed by atoms with Crippen molar-refractivity contribution in [1.82, 2.24) is 0 Å². The minimum Gasteiger partial charge on any atom is -0.290 e. The zero-order chi connectivity index (χ0) is 13.9. The maximum absolute atomic E-state index is 11.8. The largest absolute Gasteiger partial charge is 0.358 e. The highest BCUT2D eigenvalue weighted by molar-refractivity contribution is 7.86. The van der Waals surface area contributed by atoms with Gasteiger partial charge in [0.1, 0.15) is 10.6 Å². The average molecular weight is 298 g/mol. The molecule has 0 saturated carbocycles. The van der Waals surface area contributed by atoms with Gasteiger partial charge >= 0.3 is 10.1 Å². The van der Waals surface area contributed by atoms with Crippen LogP contribution in [0.5, 0.6) is 0 Å². The van der Waals surface area contributed by atoms with E-state index in [2.05, 4.69) is 9.44 Å². The first-order valence-corrected chi connectivity index (χ1v) is 6.94. The van der Waals surface area contributed by atoms with Crippen LogP contribution >= 0.6 is 11.6 Å². The van der Waals surface area contributed by atoms with Gasteiger partial charge in [0.2, 0.25) is 0 Å². The predicted molar refractivity (Wildman–Crippen MR) is 70.2 cm³/mol. The standard InChI is InChI=1S/C12H8ClNO4S/c13-11-8-9(15)6-7-12(11)14-18-19(16,17)10-4-2-1-3-5-10/h1-8H. The number of allylic oxidation sites excluding steroid dienone is 4. The Morgan fingerprint density at radius 2 is 1.79 bits per heavy atom. The lowest BCUT2D eigenvalue weighted by atomic mass is 10.2. The third-order valence-corrected chi connectivity index (χ3v) is 3.61. The number of ketones is 1. The van der Waals surface area contributed by atoms with Crippen LogP contribution in [0.3, 0.4) is 0 Å². The van der Waals surface area contributed by atoms with Gasteiger partial charge in [0.05, 0.1) is 5.03 Å². The molecule has 0 aromatic heterocycles. The summed E-state index contributed by atoms with van der Waals surface area (Å²) in [5, 5.41) is 3.46. The normalized spacial score (nSPS) is 17.4. The number of rotatable bonds is 3. The van der Waals surface area contributed by atoms with Gasteiger partial charge in [-0.1, -0.05) is 35.0 Å². The minimum absolute atomic E-state index is 0.0182. The second-order valence-electron chi connectivity index (χ2n) is 3.55. The van der Waals surface area contributed by atoms with E-state index in [0.717, 1.165) is 6.08 Å². The number of carbonyl (C=O) groups is 1. The zero-order valence-corrected chi connectivity index (χ0v) is 11.1. The molecule has 0 fully saturated rings. The summed E-state index contributed by atoms with van der Waals surface area (Å²) in [6, 6.07) is 7.57. The molecule has 1 aromatic carbocycles. The minimum atomic E-state index is -3.99. The smallest absolute Gasteiger partial charge is 0.290 e. The van der Waals surface area contributed by atoms with Gasteiger partial charge < -0.3 is 0 Å². The Hall–Kier alpha value is -1.92. The molecule has 5 nitrogen and oxygen atoms in total. The molecule has 19 heavy (non-hydrogen) atoms. The lowest BCUT2D eigenvalue weighted by Crippen LogP contribution is -2.08. The van der Waals surface area contributed by atoms with Crippen LogP contribution < -0.4 is 0 Å². The van der Waals surface area contributed by atoms with Crippen LogP contribution in [0.2, 0.25) is 0 Å². The molecule has 1 aromatic rings. The Balaban J connectivity index is 2.22. The molecule has 1 aliphatic carbocycles. The molecular weight excluding hydrogens is 290 g/mol. The van der Waals surface area contributed by atoms with Crippen molar-refractivity contribution in [2.24, 2.45) is 5.16 Å². The van der Waals surface area contributed by atoms with E-state index < -0.39 is 10.1 Å². The summed E-state index contributed by atoms with van der Waals surface area (Å²) in [6.07, 6.45) is 3.62. The number of benzene rings is 1. The van der Waals surface area contributed by atoms with Crippen LogP contribution in [0.15, 0.2) is 63.6 Å². The molecule has 0 spiro atoms. The quantitative estimate of drug-likeness (QED) is 0.632.